The molecule has 2 aliphatic rings. The number of ketones is 1. The molecule has 2 aliphatic carbocycles. The topological polar surface area (TPSA) is 17.1 Å². The fraction of sp³-hybridized carbons (Fsp3) is 0.917. The summed E-state index contributed by atoms with van der Waals surface area (Å²) in [5.41, 5.74) is 0. The molecule has 0 aromatic heterocycles. The maximum absolute atomic E-state index is 11.6. The van der Waals surface area contributed by atoms with E-state index in [2.05, 4.69) is 0 Å². The number of carbonyl (C=O) groups is 1. The van der Waals surface area contributed by atoms with E-state index in [4.69, 9.17) is 0 Å². The summed E-state index contributed by atoms with van der Waals surface area (Å²) in [6.45, 7) is 0. The molecule has 2 rings (SSSR count). The van der Waals surface area contributed by atoms with Crippen molar-refractivity contribution >= 4 is 5.78 Å². The van der Waals surface area contributed by atoms with Crippen LogP contribution in [-0.4, -0.2) is 5.78 Å². The van der Waals surface area contributed by atoms with Gasteiger partial charge in [0.1, 0.15) is 5.78 Å². The van der Waals surface area contributed by atoms with Crippen LogP contribution < -0.4 is 0 Å². The smallest absolute Gasteiger partial charge is 0.136 e. The molecule has 0 amide bonds. The van der Waals surface area contributed by atoms with Crippen LogP contribution in [0.2, 0.25) is 0 Å². The third-order valence-corrected chi connectivity index (χ3v) is 3.82. The highest BCUT2D eigenvalue weighted by Gasteiger charge is 2.31. The first-order valence-corrected chi connectivity index (χ1v) is 5.90. The van der Waals surface area contributed by atoms with Crippen LogP contribution in [0.5, 0.6) is 0 Å². The molecule has 13 heavy (non-hydrogen) atoms. The van der Waals surface area contributed by atoms with Crippen LogP contribution in [0.25, 0.3) is 0 Å². The largest absolute Gasteiger partial charge is 0.299 e. The number of rotatable bonds is 1. The number of hydrogen-bond acceptors (Lipinski definition) is 1. The zero-order valence-corrected chi connectivity index (χ0v) is 8.43. The van der Waals surface area contributed by atoms with Crippen molar-refractivity contribution in [1.82, 2.24) is 0 Å². The molecule has 0 radical (unpaired) electrons. The van der Waals surface area contributed by atoms with Gasteiger partial charge < -0.3 is 0 Å². The SMILES string of the molecule is O=C1CCCC1C1CCCCCC1. The van der Waals surface area contributed by atoms with Crippen molar-refractivity contribution in [3.05, 3.63) is 0 Å². The minimum absolute atomic E-state index is 0.470. The average molecular weight is 180 g/mol. The molecule has 0 bridgehead atoms. The third kappa shape index (κ3) is 2.12. The summed E-state index contributed by atoms with van der Waals surface area (Å²) in [6, 6.07) is 0. The van der Waals surface area contributed by atoms with Gasteiger partial charge in [0.15, 0.2) is 0 Å². The highest BCUT2D eigenvalue weighted by Crippen LogP contribution is 2.36. The first-order chi connectivity index (χ1) is 6.38. The molecule has 1 heteroatoms. The van der Waals surface area contributed by atoms with Gasteiger partial charge in [-0.05, 0) is 31.6 Å². The number of hydrogen-bond donors (Lipinski definition) is 0. The van der Waals surface area contributed by atoms with Crippen molar-refractivity contribution in [2.75, 3.05) is 0 Å². The van der Waals surface area contributed by atoms with E-state index < -0.39 is 0 Å². The van der Waals surface area contributed by atoms with Gasteiger partial charge in [0.2, 0.25) is 0 Å². The van der Waals surface area contributed by atoms with Crippen LogP contribution in [0.15, 0.2) is 0 Å². The van der Waals surface area contributed by atoms with Crippen LogP contribution in [0.1, 0.15) is 57.8 Å². The van der Waals surface area contributed by atoms with Crippen molar-refractivity contribution in [2.45, 2.75) is 57.8 Å². The van der Waals surface area contributed by atoms with Gasteiger partial charge in [0.25, 0.3) is 0 Å². The number of Topliss-reactive ketones (excluding diaryl/α,β-unsaturated/α-hetero) is 1. The maximum atomic E-state index is 11.6. The number of carbonyl (C=O) groups excluding carboxylic acids is 1. The standard InChI is InChI=1S/C12H20O/c13-12-9-5-8-11(12)10-6-3-1-2-4-7-10/h10-11H,1-9H2. The van der Waals surface area contributed by atoms with E-state index in [-0.39, 0.29) is 0 Å². The highest BCUT2D eigenvalue weighted by molar-refractivity contribution is 5.83. The molecule has 0 aromatic carbocycles. The lowest BCUT2D eigenvalue weighted by atomic mass is 9.84. The minimum atomic E-state index is 0.470. The molecule has 1 unspecified atom stereocenters. The Hall–Kier alpha value is -0.330. The molecule has 1 nitrogen and oxygen atoms in total. The van der Waals surface area contributed by atoms with Gasteiger partial charge in [-0.25, -0.2) is 0 Å². The molecule has 0 spiro atoms. The summed E-state index contributed by atoms with van der Waals surface area (Å²) in [5, 5.41) is 0. The first-order valence-electron chi connectivity index (χ1n) is 5.90. The Morgan fingerprint density at radius 2 is 1.54 bits per heavy atom. The quantitative estimate of drug-likeness (QED) is 0.566. The predicted molar refractivity (Wildman–Crippen MR) is 53.5 cm³/mol. The van der Waals surface area contributed by atoms with E-state index in [1.165, 1.54) is 51.4 Å². The van der Waals surface area contributed by atoms with Crippen molar-refractivity contribution in [2.24, 2.45) is 11.8 Å². The summed E-state index contributed by atoms with van der Waals surface area (Å²) < 4.78 is 0. The maximum Gasteiger partial charge on any atom is 0.136 e. The minimum Gasteiger partial charge on any atom is -0.299 e. The molecule has 2 fully saturated rings. The van der Waals surface area contributed by atoms with Crippen molar-refractivity contribution in [3.8, 4) is 0 Å². The summed E-state index contributed by atoms with van der Waals surface area (Å²) in [5.74, 6) is 1.81. The molecule has 2 saturated carbocycles. The van der Waals surface area contributed by atoms with Crippen molar-refractivity contribution in [3.63, 3.8) is 0 Å². The first kappa shape index (κ1) is 9.23. The highest BCUT2D eigenvalue weighted by atomic mass is 16.1. The Bertz CT molecular complexity index is 178. The van der Waals surface area contributed by atoms with Gasteiger partial charge in [-0.15, -0.1) is 0 Å². The Morgan fingerprint density at radius 3 is 2.08 bits per heavy atom. The van der Waals surface area contributed by atoms with Crippen molar-refractivity contribution < 1.29 is 4.79 Å². The van der Waals surface area contributed by atoms with Crippen LogP contribution in [0.4, 0.5) is 0 Å². The summed E-state index contributed by atoms with van der Waals surface area (Å²) >= 11 is 0. The molecule has 0 N–H and O–H groups in total. The molecule has 74 valence electrons. The van der Waals surface area contributed by atoms with E-state index in [0.29, 0.717) is 11.7 Å². The van der Waals surface area contributed by atoms with E-state index >= 15 is 0 Å². The Labute approximate surface area is 80.9 Å². The molecule has 0 aromatic rings. The molecule has 0 saturated heterocycles. The summed E-state index contributed by atoms with van der Waals surface area (Å²) in [7, 11) is 0. The molecule has 0 aliphatic heterocycles. The monoisotopic (exact) mass is 180 g/mol. The second-order valence-corrected chi connectivity index (χ2v) is 4.72. The lowest BCUT2D eigenvalue weighted by Gasteiger charge is -2.19. The second kappa shape index (κ2) is 4.26. The van der Waals surface area contributed by atoms with Crippen LogP contribution in [0, 0.1) is 11.8 Å². The fourth-order valence-electron chi connectivity index (χ4n) is 3.05. The van der Waals surface area contributed by atoms with Crippen LogP contribution >= 0.6 is 0 Å². The fourth-order valence-corrected chi connectivity index (χ4v) is 3.05. The summed E-state index contributed by atoms with van der Waals surface area (Å²) in [4.78, 5) is 11.6. The molecular weight excluding hydrogens is 160 g/mol. The van der Waals surface area contributed by atoms with Gasteiger partial charge in [-0.1, -0.05) is 25.7 Å². The van der Waals surface area contributed by atoms with E-state index in [1.54, 1.807) is 0 Å². The lowest BCUT2D eigenvalue weighted by Crippen LogP contribution is -2.18. The average Bonchev–Trinajstić information content (AvgIpc) is 2.43. The van der Waals surface area contributed by atoms with E-state index in [1.807, 2.05) is 0 Å². The van der Waals surface area contributed by atoms with Gasteiger partial charge in [-0.2, -0.15) is 0 Å². The third-order valence-electron chi connectivity index (χ3n) is 3.82. The second-order valence-electron chi connectivity index (χ2n) is 4.72. The van der Waals surface area contributed by atoms with Crippen LogP contribution in [-0.2, 0) is 4.79 Å². The van der Waals surface area contributed by atoms with Crippen molar-refractivity contribution in [1.29, 1.82) is 0 Å². The van der Waals surface area contributed by atoms with E-state index in [9.17, 15) is 4.79 Å². The van der Waals surface area contributed by atoms with E-state index in [0.717, 1.165) is 12.3 Å². The lowest BCUT2D eigenvalue weighted by molar-refractivity contribution is -0.122. The van der Waals surface area contributed by atoms with Gasteiger partial charge in [0, 0.05) is 12.3 Å². The zero-order valence-electron chi connectivity index (χ0n) is 8.43. The molecule has 1 atom stereocenters. The Morgan fingerprint density at radius 1 is 0.846 bits per heavy atom. The Balaban J connectivity index is 1.93. The van der Waals surface area contributed by atoms with Gasteiger partial charge in [-0.3, -0.25) is 4.79 Å². The normalized spacial score (nSPS) is 32.0. The van der Waals surface area contributed by atoms with Gasteiger partial charge >= 0.3 is 0 Å². The zero-order chi connectivity index (χ0) is 9.10. The van der Waals surface area contributed by atoms with Crippen LogP contribution in [0.3, 0.4) is 0 Å². The molecule has 0 heterocycles. The summed E-state index contributed by atoms with van der Waals surface area (Å²) in [6.07, 6.45) is 11.4. The molecular formula is C12H20O. The van der Waals surface area contributed by atoms with Gasteiger partial charge in [0.05, 0.1) is 0 Å². The predicted octanol–water partition coefficient (Wildman–Crippen LogP) is 3.33. The Kier molecular flexibility index (Phi) is 3.02.